The molecule has 0 fully saturated rings. The van der Waals surface area contributed by atoms with Crippen LogP contribution in [0.1, 0.15) is 20.7 Å². The lowest BCUT2D eigenvalue weighted by atomic mass is 10.1. The van der Waals surface area contributed by atoms with Gasteiger partial charge in [0.15, 0.2) is 0 Å². The SMILES string of the molecule is COc1ccc(/C=C(/NC(=O)c2ccccc2)C(=O)Nc2cccc(SCC(=O)n3c4ccccc4c4ccccc43)c2)c(OC)c1. The number of rotatable bonds is 10. The Hall–Kier alpha value is -5.80. The summed E-state index contributed by atoms with van der Waals surface area (Å²) < 4.78 is 12.6. The molecule has 0 aliphatic carbocycles. The van der Waals surface area contributed by atoms with E-state index in [-0.39, 0.29) is 17.4 Å². The van der Waals surface area contributed by atoms with E-state index in [9.17, 15) is 14.4 Å². The molecule has 0 aliphatic rings. The van der Waals surface area contributed by atoms with Gasteiger partial charge in [0.25, 0.3) is 11.8 Å². The summed E-state index contributed by atoms with van der Waals surface area (Å²) in [6.45, 7) is 0. The zero-order valence-corrected chi connectivity index (χ0v) is 26.5. The lowest BCUT2D eigenvalue weighted by Crippen LogP contribution is -2.30. The summed E-state index contributed by atoms with van der Waals surface area (Å²) in [5.74, 6) is 0.224. The van der Waals surface area contributed by atoms with Gasteiger partial charge in [-0.25, -0.2) is 0 Å². The highest BCUT2D eigenvalue weighted by molar-refractivity contribution is 8.00. The average Bonchev–Trinajstić information content (AvgIpc) is 3.45. The number of thioether (sulfide) groups is 1. The third-order valence-electron chi connectivity index (χ3n) is 7.55. The summed E-state index contributed by atoms with van der Waals surface area (Å²) in [5, 5.41) is 7.70. The maximum Gasteiger partial charge on any atom is 0.272 e. The van der Waals surface area contributed by atoms with E-state index in [1.807, 2.05) is 60.7 Å². The summed E-state index contributed by atoms with van der Waals surface area (Å²) in [5.41, 5.74) is 3.23. The van der Waals surface area contributed by atoms with Gasteiger partial charge in [0.1, 0.15) is 17.2 Å². The van der Waals surface area contributed by atoms with Crippen LogP contribution in [-0.2, 0) is 4.79 Å². The summed E-state index contributed by atoms with van der Waals surface area (Å²) in [6.07, 6.45) is 1.55. The molecule has 0 bridgehead atoms. The number of hydrogen-bond acceptors (Lipinski definition) is 6. The second-order valence-electron chi connectivity index (χ2n) is 10.5. The van der Waals surface area contributed by atoms with Crippen molar-refractivity contribution in [3.05, 3.63) is 138 Å². The minimum absolute atomic E-state index is 0.0157. The molecule has 0 atom stereocenters. The molecule has 47 heavy (non-hydrogen) atoms. The fourth-order valence-corrected chi connectivity index (χ4v) is 6.10. The monoisotopic (exact) mass is 641 g/mol. The number of nitrogens with one attached hydrogen (secondary N) is 2. The Morgan fingerprint density at radius 1 is 0.745 bits per heavy atom. The zero-order valence-electron chi connectivity index (χ0n) is 25.7. The Balaban J connectivity index is 1.22. The van der Waals surface area contributed by atoms with Gasteiger partial charge >= 0.3 is 0 Å². The normalized spacial score (nSPS) is 11.3. The number of methoxy groups -OCH3 is 2. The number of amides is 2. The van der Waals surface area contributed by atoms with Crippen LogP contribution in [0.25, 0.3) is 27.9 Å². The third-order valence-corrected chi connectivity index (χ3v) is 8.53. The highest BCUT2D eigenvalue weighted by atomic mass is 32.2. The molecule has 0 spiro atoms. The van der Waals surface area contributed by atoms with Gasteiger partial charge in [-0.3, -0.25) is 19.0 Å². The maximum atomic E-state index is 13.7. The Kier molecular flexibility index (Phi) is 9.36. The molecule has 9 heteroatoms. The predicted octanol–water partition coefficient (Wildman–Crippen LogP) is 7.65. The molecule has 2 N–H and O–H groups in total. The molecule has 234 valence electrons. The summed E-state index contributed by atoms with van der Waals surface area (Å²) in [7, 11) is 3.07. The second-order valence-corrected chi connectivity index (χ2v) is 11.6. The molecule has 1 heterocycles. The van der Waals surface area contributed by atoms with Gasteiger partial charge in [-0.15, -0.1) is 11.8 Å². The van der Waals surface area contributed by atoms with Crippen LogP contribution in [0, 0.1) is 0 Å². The molecule has 1 aromatic heterocycles. The van der Waals surface area contributed by atoms with E-state index in [4.69, 9.17) is 9.47 Å². The van der Waals surface area contributed by atoms with Crippen LogP contribution in [0.4, 0.5) is 5.69 Å². The van der Waals surface area contributed by atoms with Crippen molar-refractivity contribution in [3.63, 3.8) is 0 Å². The van der Waals surface area contributed by atoms with Crippen LogP contribution in [0.3, 0.4) is 0 Å². The van der Waals surface area contributed by atoms with Crippen LogP contribution in [0.5, 0.6) is 11.5 Å². The number of carbonyl (C=O) groups is 3. The summed E-state index contributed by atoms with van der Waals surface area (Å²) >= 11 is 1.38. The number of hydrogen-bond donors (Lipinski definition) is 2. The smallest absolute Gasteiger partial charge is 0.272 e. The summed E-state index contributed by atoms with van der Waals surface area (Å²) in [4.78, 5) is 41.1. The molecular formula is C38H31N3O5S. The third kappa shape index (κ3) is 6.90. The molecule has 0 unspecified atom stereocenters. The van der Waals surface area contributed by atoms with Crippen LogP contribution in [0.15, 0.2) is 132 Å². The quantitative estimate of drug-likeness (QED) is 0.118. The van der Waals surface area contributed by atoms with Crippen LogP contribution >= 0.6 is 11.8 Å². The van der Waals surface area contributed by atoms with E-state index >= 15 is 0 Å². The van der Waals surface area contributed by atoms with Gasteiger partial charge in [-0.05, 0) is 60.7 Å². The first-order valence-corrected chi connectivity index (χ1v) is 15.8. The number of carbonyl (C=O) groups excluding carboxylic acids is 3. The molecular weight excluding hydrogens is 611 g/mol. The highest BCUT2D eigenvalue weighted by Gasteiger charge is 2.18. The standard InChI is InChI=1S/C38H31N3O5S/c1-45-28-20-19-26(35(23-28)46-2)21-32(40-37(43)25-11-4-3-5-12-25)38(44)39-27-13-10-14-29(22-27)47-24-36(42)41-33-17-8-6-15-30(33)31-16-7-9-18-34(31)41/h3-23H,24H2,1-2H3,(H,39,44)(H,40,43)/b32-21+. The van der Waals surface area contributed by atoms with Crippen molar-refractivity contribution in [3.8, 4) is 11.5 Å². The van der Waals surface area contributed by atoms with Crippen molar-refractivity contribution >= 4 is 63.1 Å². The number of para-hydroxylation sites is 2. The van der Waals surface area contributed by atoms with Crippen molar-refractivity contribution < 1.29 is 23.9 Å². The van der Waals surface area contributed by atoms with Gasteiger partial charge in [-0.1, -0.05) is 60.7 Å². The van der Waals surface area contributed by atoms with Crippen molar-refractivity contribution in [1.29, 1.82) is 0 Å². The number of ether oxygens (including phenoxy) is 2. The van der Waals surface area contributed by atoms with E-state index in [1.54, 1.807) is 78.4 Å². The molecule has 2 amide bonds. The van der Waals surface area contributed by atoms with Crippen molar-refractivity contribution in [2.45, 2.75) is 4.90 Å². The fraction of sp³-hybridized carbons (Fsp3) is 0.0789. The highest BCUT2D eigenvalue weighted by Crippen LogP contribution is 2.30. The minimum Gasteiger partial charge on any atom is -0.497 e. The first kappa shape index (κ1) is 31.2. The number of benzene rings is 5. The van der Waals surface area contributed by atoms with Crippen molar-refractivity contribution in [2.75, 3.05) is 25.3 Å². The molecule has 6 aromatic rings. The molecule has 8 nitrogen and oxygen atoms in total. The number of nitrogens with zero attached hydrogens (tertiary/aromatic N) is 1. The van der Waals surface area contributed by atoms with Crippen molar-refractivity contribution in [2.24, 2.45) is 0 Å². The van der Waals surface area contributed by atoms with E-state index in [0.29, 0.717) is 28.3 Å². The fourth-order valence-electron chi connectivity index (χ4n) is 5.30. The Morgan fingerprint density at radius 2 is 1.43 bits per heavy atom. The first-order valence-electron chi connectivity index (χ1n) is 14.8. The topological polar surface area (TPSA) is 98.7 Å². The Bertz CT molecular complexity index is 2090. The van der Waals surface area contributed by atoms with Gasteiger partial charge in [-0.2, -0.15) is 0 Å². The maximum absolute atomic E-state index is 13.7. The van der Waals surface area contributed by atoms with E-state index in [2.05, 4.69) is 10.6 Å². The van der Waals surface area contributed by atoms with Crippen molar-refractivity contribution in [1.82, 2.24) is 9.88 Å². The molecule has 5 aromatic carbocycles. The van der Waals surface area contributed by atoms with E-state index < -0.39 is 11.8 Å². The minimum atomic E-state index is -0.532. The molecule has 0 radical (unpaired) electrons. The largest absolute Gasteiger partial charge is 0.497 e. The Morgan fingerprint density at radius 3 is 2.11 bits per heavy atom. The predicted molar refractivity (Wildman–Crippen MR) is 187 cm³/mol. The lowest BCUT2D eigenvalue weighted by molar-refractivity contribution is -0.113. The van der Waals surface area contributed by atoms with Gasteiger partial charge in [0.2, 0.25) is 5.91 Å². The van der Waals surface area contributed by atoms with Gasteiger partial charge in [0.05, 0.1) is 31.0 Å². The number of anilines is 1. The molecule has 0 aliphatic heterocycles. The lowest BCUT2D eigenvalue weighted by Gasteiger charge is -2.13. The van der Waals surface area contributed by atoms with E-state index in [1.165, 1.54) is 18.9 Å². The number of fused-ring (bicyclic) bond motifs is 3. The van der Waals surface area contributed by atoms with Crippen LogP contribution in [-0.4, -0.2) is 42.3 Å². The van der Waals surface area contributed by atoms with Gasteiger partial charge in [0, 0.05) is 38.5 Å². The Labute approximate surface area is 276 Å². The van der Waals surface area contributed by atoms with Crippen LogP contribution < -0.4 is 20.1 Å². The average molecular weight is 642 g/mol. The first-order chi connectivity index (χ1) is 22.9. The number of aromatic nitrogens is 1. The molecule has 0 saturated heterocycles. The zero-order chi connectivity index (χ0) is 32.8. The van der Waals surface area contributed by atoms with Gasteiger partial charge < -0.3 is 20.1 Å². The summed E-state index contributed by atoms with van der Waals surface area (Å²) in [6, 6.07) is 36.8. The molecule has 0 saturated carbocycles. The van der Waals surface area contributed by atoms with Crippen LogP contribution in [0.2, 0.25) is 0 Å². The molecule has 6 rings (SSSR count). The van der Waals surface area contributed by atoms with E-state index in [0.717, 1.165) is 26.7 Å². The second kappa shape index (κ2) is 14.1.